The van der Waals surface area contributed by atoms with Gasteiger partial charge in [0.2, 0.25) is 0 Å². The molecule has 0 unspecified atom stereocenters. The molecular weight excluding hydrogens is 540 g/mol. The molecule has 1 aliphatic rings. The number of para-hydroxylation sites is 1. The average molecular weight is 577 g/mol. The fourth-order valence-electron chi connectivity index (χ4n) is 5.03. The van der Waals surface area contributed by atoms with Gasteiger partial charge < -0.3 is 9.47 Å². The van der Waals surface area contributed by atoms with E-state index in [-0.39, 0.29) is 5.91 Å². The summed E-state index contributed by atoms with van der Waals surface area (Å²) in [4.78, 5) is 20.9. The number of amides is 1. The Balaban J connectivity index is 1.39. The fraction of sp³-hybridized carbons (Fsp3) is 0.222. The van der Waals surface area contributed by atoms with Gasteiger partial charge in [-0.2, -0.15) is 0 Å². The number of nitrogens with zero attached hydrogens (tertiary/aromatic N) is 2. The standard InChI is InChI=1S/C36H36N2O3S/c1-5-40-33-22-29(16-17-32(33)41-24-31-26(3)20-25(2)21-27(31)4)23-34-35(39)38(19-18-28-12-8-6-9-13-28)36(42-34)37-30-14-10-7-11-15-30/h6-17,20-23H,5,18-19,24H2,1-4H3/b34-23+,37-36?. The van der Waals surface area contributed by atoms with Crippen molar-refractivity contribution in [1.29, 1.82) is 0 Å². The smallest absolute Gasteiger partial charge is 0.266 e. The molecule has 0 radical (unpaired) electrons. The number of ether oxygens (including phenoxy) is 2. The molecule has 1 aliphatic heterocycles. The molecule has 1 amide bonds. The van der Waals surface area contributed by atoms with Crippen molar-refractivity contribution in [3.63, 3.8) is 0 Å². The van der Waals surface area contributed by atoms with Crippen LogP contribution in [0.2, 0.25) is 0 Å². The molecule has 0 N–H and O–H groups in total. The van der Waals surface area contributed by atoms with Crippen molar-refractivity contribution in [3.05, 3.63) is 129 Å². The first-order valence-corrected chi connectivity index (χ1v) is 15.1. The maximum absolute atomic E-state index is 13.7. The number of hydrogen-bond donors (Lipinski definition) is 0. The van der Waals surface area contributed by atoms with Gasteiger partial charge in [-0.15, -0.1) is 0 Å². The molecule has 0 aliphatic carbocycles. The number of rotatable bonds is 10. The van der Waals surface area contributed by atoms with Crippen LogP contribution in [0.5, 0.6) is 11.5 Å². The molecule has 0 atom stereocenters. The van der Waals surface area contributed by atoms with E-state index in [1.165, 1.54) is 39.6 Å². The van der Waals surface area contributed by atoms with E-state index in [4.69, 9.17) is 14.5 Å². The number of aryl methyl sites for hydroxylation is 3. The van der Waals surface area contributed by atoms with E-state index in [9.17, 15) is 4.79 Å². The van der Waals surface area contributed by atoms with Crippen LogP contribution in [0.3, 0.4) is 0 Å². The van der Waals surface area contributed by atoms with Crippen molar-refractivity contribution in [2.45, 2.75) is 40.7 Å². The highest BCUT2D eigenvalue weighted by Crippen LogP contribution is 2.36. The van der Waals surface area contributed by atoms with E-state index in [1.54, 1.807) is 4.90 Å². The lowest BCUT2D eigenvalue weighted by Crippen LogP contribution is -2.31. The van der Waals surface area contributed by atoms with Crippen LogP contribution in [0.1, 0.15) is 40.3 Å². The fourth-order valence-corrected chi connectivity index (χ4v) is 6.05. The maximum Gasteiger partial charge on any atom is 0.266 e. The predicted molar refractivity (Wildman–Crippen MR) is 174 cm³/mol. The molecular formula is C36H36N2O3S. The Morgan fingerprint density at radius 3 is 2.21 bits per heavy atom. The zero-order chi connectivity index (χ0) is 29.5. The van der Waals surface area contributed by atoms with Crippen molar-refractivity contribution in [2.24, 2.45) is 4.99 Å². The van der Waals surface area contributed by atoms with Crippen LogP contribution in [-0.2, 0) is 17.8 Å². The zero-order valence-electron chi connectivity index (χ0n) is 24.6. The molecule has 5 nitrogen and oxygen atoms in total. The summed E-state index contributed by atoms with van der Waals surface area (Å²) in [6, 6.07) is 30.1. The highest BCUT2D eigenvalue weighted by Gasteiger charge is 2.33. The molecule has 5 rings (SSSR count). The third kappa shape index (κ3) is 7.12. The van der Waals surface area contributed by atoms with E-state index >= 15 is 0 Å². The highest BCUT2D eigenvalue weighted by atomic mass is 32.2. The summed E-state index contributed by atoms with van der Waals surface area (Å²) in [6.45, 7) is 9.82. The van der Waals surface area contributed by atoms with E-state index in [0.717, 1.165) is 17.7 Å². The third-order valence-corrected chi connectivity index (χ3v) is 8.12. The highest BCUT2D eigenvalue weighted by molar-refractivity contribution is 8.18. The molecule has 4 aromatic rings. The average Bonchev–Trinajstić information content (AvgIpc) is 3.26. The lowest BCUT2D eigenvalue weighted by atomic mass is 10.0. The normalized spacial score (nSPS) is 15.0. The van der Waals surface area contributed by atoms with Gasteiger partial charge in [-0.05, 0) is 104 Å². The summed E-state index contributed by atoms with van der Waals surface area (Å²) < 4.78 is 12.2. The van der Waals surface area contributed by atoms with Crippen molar-refractivity contribution in [2.75, 3.05) is 13.2 Å². The second-order valence-electron chi connectivity index (χ2n) is 10.3. The quantitative estimate of drug-likeness (QED) is 0.178. The van der Waals surface area contributed by atoms with Crippen molar-refractivity contribution in [1.82, 2.24) is 4.90 Å². The van der Waals surface area contributed by atoms with Crippen molar-refractivity contribution >= 4 is 34.6 Å². The lowest BCUT2D eigenvalue weighted by Gasteiger charge is -2.16. The van der Waals surface area contributed by atoms with Gasteiger partial charge in [0, 0.05) is 6.54 Å². The molecule has 1 heterocycles. The van der Waals surface area contributed by atoms with Crippen LogP contribution in [0, 0.1) is 20.8 Å². The Labute approximate surface area is 252 Å². The monoisotopic (exact) mass is 576 g/mol. The first kappa shape index (κ1) is 29.2. The van der Waals surface area contributed by atoms with Gasteiger partial charge in [-0.25, -0.2) is 4.99 Å². The molecule has 6 heteroatoms. The van der Waals surface area contributed by atoms with E-state index in [0.29, 0.717) is 41.3 Å². The molecule has 0 spiro atoms. The summed E-state index contributed by atoms with van der Waals surface area (Å²) in [5, 5.41) is 0.683. The number of hydrogen-bond acceptors (Lipinski definition) is 5. The van der Waals surface area contributed by atoms with Crippen LogP contribution in [-0.4, -0.2) is 29.1 Å². The first-order valence-electron chi connectivity index (χ1n) is 14.3. The van der Waals surface area contributed by atoms with Gasteiger partial charge >= 0.3 is 0 Å². The summed E-state index contributed by atoms with van der Waals surface area (Å²) in [7, 11) is 0. The largest absolute Gasteiger partial charge is 0.490 e. The lowest BCUT2D eigenvalue weighted by molar-refractivity contribution is -0.122. The van der Waals surface area contributed by atoms with E-state index in [1.807, 2.05) is 79.7 Å². The number of carbonyl (C=O) groups excluding carboxylic acids is 1. The Bertz CT molecular complexity index is 1590. The SMILES string of the molecule is CCOc1cc(/C=C2/SC(=Nc3ccccc3)N(CCc3ccccc3)C2=O)ccc1OCc1c(C)cc(C)cc1C. The summed E-state index contributed by atoms with van der Waals surface area (Å²) in [6.07, 6.45) is 2.66. The molecule has 1 saturated heterocycles. The minimum absolute atomic E-state index is 0.0470. The van der Waals surface area contributed by atoms with Crippen LogP contribution >= 0.6 is 11.8 Å². The van der Waals surface area contributed by atoms with Gasteiger partial charge in [-0.3, -0.25) is 9.69 Å². The topological polar surface area (TPSA) is 51.1 Å². The number of amidine groups is 1. The van der Waals surface area contributed by atoms with Crippen LogP contribution < -0.4 is 9.47 Å². The molecule has 0 aromatic heterocycles. The molecule has 42 heavy (non-hydrogen) atoms. The number of benzene rings is 4. The molecule has 1 fully saturated rings. The maximum atomic E-state index is 13.7. The second-order valence-corrected chi connectivity index (χ2v) is 11.3. The Hall–Kier alpha value is -4.29. The minimum Gasteiger partial charge on any atom is -0.490 e. The van der Waals surface area contributed by atoms with Gasteiger partial charge in [0.25, 0.3) is 5.91 Å². The van der Waals surface area contributed by atoms with E-state index < -0.39 is 0 Å². The summed E-state index contributed by atoms with van der Waals surface area (Å²) >= 11 is 1.40. The summed E-state index contributed by atoms with van der Waals surface area (Å²) in [5.41, 5.74) is 7.73. The molecule has 0 bridgehead atoms. The third-order valence-electron chi connectivity index (χ3n) is 7.11. The molecule has 214 valence electrons. The molecule has 4 aromatic carbocycles. The molecule has 0 saturated carbocycles. The first-order chi connectivity index (χ1) is 20.4. The number of aliphatic imine (C=N–C) groups is 1. The van der Waals surface area contributed by atoms with Gasteiger partial charge in [0.15, 0.2) is 16.7 Å². The second kappa shape index (κ2) is 13.6. The Morgan fingerprint density at radius 2 is 1.52 bits per heavy atom. The van der Waals surface area contributed by atoms with Gasteiger partial charge in [0.1, 0.15) is 6.61 Å². The van der Waals surface area contributed by atoms with Crippen molar-refractivity contribution in [3.8, 4) is 11.5 Å². The number of thioether (sulfide) groups is 1. The van der Waals surface area contributed by atoms with Crippen molar-refractivity contribution < 1.29 is 14.3 Å². The summed E-state index contributed by atoms with van der Waals surface area (Å²) in [5.74, 6) is 1.29. The predicted octanol–water partition coefficient (Wildman–Crippen LogP) is 8.44. The van der Waals surface area contributed by atoms with Crippen LogP contribution in [0.15, 0.2) is 101 Å². The zero-order valence-corrected chi connectivity index (χ0v) is 25.4. The van der Waals surface area contributed by atoms with Crippen LogP contribution in [0.4, 0.5) is 5.69 Å². The Morgan fingerprint density at radius 1 is 0.833 bits per heavy atom. The number of carbonyl (C=O) groups is 1. The van der Waals surface area contributed by atoms with Gasteiger partial charge in [0.05, 0.1) is 17.2 Å². The minimum atomic E-state index is -0.0470. The van der Waals surface area contributed by atoms with Gasteiger partial charge in [-0.1, -0.05) is 72.3 Å². The van der Waals surface area contributed by atoms with Crippen LogP contribution in [0.25, 0.3) is 6.08 Å². The Kier molecular flexibility index (Phi) is 9.45. The van der Waals surface area contributed by atoms with E-state index in [2.05, 4.69) is 45.0 Å².